The number of hydrogen-bond donors (Lipinski definition) is 1. The van der Waals surface area contributed by atoms with E-state index < -0.39 is 17.5 Å². The zero-order valence-corrected chi connectivity index (χ0v) is 9.51. The molecular formula is C9H10Cl2O4. The third-order valence-electron chi connectivity index (χ3n) is 1.42. The molecule has 0 amide bonds. The van der Waals surface area contributed by atoms with Gasteiger partial charge in [-0.1, -0.05) is 11.6 Å². The zero-order chi connectivity index (χ0) is 11.8. The first-order chi connectivity index (χ1) is 7.08. The molecule has 0 unspecified atom stereocenters. The molecule has 0 spiro atoms. The predicted molar refractivity (Wildman–Crippen MR) is 57.0 cm³/mol. The van der Waals surface area contributed by atoms with Crippen LogP contribution in [0.5, 0.6) is 0 Å². The molecule has 0 atom stereocenters. The zero-order valence-electron chi connectivity index (χ0n) is 8.00. The summed E-state index contributed by atoms with van der Waals surface area (Å²) < 4.78 is 4.58. The van der Waals surface area contributed by atoms with Gasteiger partial charge in [0.2, 0.25) is 0 Å². The SMILES string of the molecule is CCOC(=O)/C(C(=O)O)=C(\C=C\Cl)CCl. The average molecular weight is 253 g/mol. The van der Waals surface area contributed by atoms with E-state index in [9.17, 15) is 9.59 Å². The molecule has 0 aromatic heterocycles. The molecule has 0 aromatic rings. The molecule has 0 bridgehead atoms. The van der Waals surface area contributed by atoms with E-state index in [2.05, 4.69) is 4.74 Å². The average Bonchev–Trinajstić information content (AvgIpc) is 2.16. The summed E-state index contributed by atoms with van der Waals surface area (Å²) in [6.07, 6.45) is 1.24. The Morgan fingerprint density at radius 2 is 2.07 bits per heavy atom. The van der Waals surface area contributed by atoms with Gasteiger partial charge in [-0.15, -0.1) is 11.6 Å². The van der Waals surface area contributed by atoms with Crippen molar-refractivity contribution in [1.82, 2.24) is 0 Å². The second-order valence-corrected chi connectivity index (χ2v) is 2.87. The molecule has 0 rings (SSSR count). The van der Waals surface area contributed by atoms with E-state index in [1.54, 1.807) is 6.92 Å². The molecule has 4 nitrogen and oxygen atoms in total. The molecule has 6 heteroatoms. The van der Waals surface area contributed by atoms with Gasteiger partial charge in [-0.3, -0.25) is 0 Å². The van der Waals surface area contributed by atoms with Crippen molar-refractivity contribution in [3.05, 3.63) is 22.8 Å². The number of carboxylic acids is 1. The smallest absolute Gasteiger partial charge is 0.345 e. The van der Waals surface area contributed by atoms with E-state index in [0.29, 0.717) is 0 Å². The summed E-state index contributed by atoms with van der Waals surface area (Å²) in [4.78, 5) is 22.1. The highest BCUT2D eigenvalue weighted by Crippen LogP contribution is 2.11. The predicted octanol–water partition coefficient (Wildman–Crippen LogP) is 1.92. The first-order valence-electron chi connectivity index (χ1n) is 4.04. The van der Waals surface area contributed by atoms with Gasteiger partial charge in [-0.2, -0.15) is 0 Å². The van der Waals surface area contributed by atoms with Crippen LogP contribution in [0.2, 0.25) is 0 Å². The Bertz CT molecular complexity index is 307. The molecule has 1 N–H and O–H groups in total. The fraction of sp³-hybridized carbons (Fsp3) is 0.333. The highest BCUT2D eigenvalue weighted by molar-refractivity contribution is 6.26. The minimum absolute atomic E-state index is 0.0930. The van der Waals surface area contributed by atoms with Crippen LogP contribution in [0.1, 0.15) is 6.92 Å². The largest absolute Gasteiger partial charge is 0.477 e. The Labute approximate surface area is 97.1 Å². The maximum absolute atomic E-state index is 11.3. The van der Waals surface area contributed by atoms with Crippen LogP contribution >= 0.6 is 23.2 Å². The van der Waals surface area contributed by atoms with E-state index in [1.165, 1.54) is 6.08 Å². The van der Waals surface area contributed by atoms with Crippen LogP contribution in [0.25, 0.3) is 0 Å². The van der Waals surface area contributed by atoms with Crippen LogP contribution in [-0.2, 0) is 14.3 Å². The Hall–Kier alpha value is -1.000. The minimum atomic E-state index is -1.39. The molecule has 0 saturated heterocycles. The van der Waals surface area contributed by atoms with Gasteiger partial charge in [0, 0.05) is 11.4 Å². The van der Waals surface area contributed by atoms with Crippen molar-refractivity contribution in [2.24, 2.45) is 0 Å². The van der Waals surface area contributed by atoms with Crippen LogP contribution in [-0.4, -0.2) is 29.5 Å². The van der Waals surface area contributed by atoms with E-state index >= 15 is 0 Å². The lowest BCUT2D eigenvalue weighted by Gasteiger charge is -2.05. The first kappa shape index (κ1) is 14.0. The third-order valence-corrected chi connectivity index (χ3v) is 1.84. The standard InChI is InChI=1S/C9H10Cl2O4/c1-2-15-9(14)7(8(12)13)6(5-11)3-4-10/h3-4H,2,5H2,1H3,(H,12,13)/b4-3+,7-6+. The lowest BCUT2D eigenvalue weighted by Crippen LogP contribution is -2.18. The summed E-state index contributed by atoms with van der Waals surface area (Å²) >= 11 is 10.8. The number of aliphatic carboxylic acids is 1. The van der Waals surface area contributed by atoms with Crippen molar-refractivity contribution in [2.75, 3.05) is 12.5 Å². The molecule has 0 saturated carbocycles. The van der Waals surface area contributed by atoms with Gasteiger partial charge in [-0.25, -0.2) is 9.59 Å². The second kappa shape index (κ2) is 7.31. The maximum Gasteiger partial charge on any atom is 0.345 e. The summed E-state index contributed by atoms with van der Waals surface area (Å²) in [5.74, 6) is -2.45. The number of hydrogen-bond acceptors (Lipinski definition) is 3. The summed E-state index contributed by atoms with van der Waals surface area (Å²) in [7, 11) is 0. The molecule has 15 heavy (non-hydrogen) atoms. The Balaban J connectivity index is 5.24. The van der Waals surface area contributed by atoms with E-state index in [0.717, 1.165) is 5.54 Å². The third kappa shape index (κ3) is 4.36. The van der Waals surface area contributed by atoms with Gasteiger partial charge >= 0.3 is 11.9 Å². The summed E-state index contributed by atoms with van der Waals surface area (Å²) in [6.45, 7) is 1.67. The van der Waals surface area contributed by atoms with Crippen molar-refractivity contribution in [1.29, 1.82) is 0 Å². The molecule has 0 aliphatic carbocycles. The normalized spacial score (nSPS) is 12.5. The quantitative estimate of drug-likeness (QED) is 0.203. The topological polar surface area (TPSA) is 63.6 Å². The van der Waals surface area contributed by atoms with Gasteiger partial charge in [0.25, 0.3) is 0 Å². The number of carbonyl (C=O) groups excluding carboxylic acids is 1. The van der Waals surface area contributed by atoms with Crippen LogP contribution in [0, 0.1) is 0 Å². The number of rotatable bonds is 5. The number of carboxylic acid groups (broad SMARTS) is 1. The van der Waals surface area contributed by atoms with Crippen molar-refractivity contribution in [3.8, 4) is 0 Å². The van der Waals surface area contributed by atoms with Gasteiger partial charge in [0.05, 0.1) is 6.61 Å². The van der Waals surface area contributed by atoms with Crippen LogP contribution in [0.3, 0.4) is 0 Å². The monoisotopic (exact) mass is 252 g/mol. The van der Waals surface area contributed by atoms with Gasteiger partial charge < -0.3 is 9.84 Å². The van der Waals surface area contributed by atoms with E-state index in [1.807, 2.05) is 0 Å². The second-order valence-electron chi connectivity index (χ2n) is 2.35. The molecule has 0 heterocycles. The Kier molecular flexibility index (Phi) is 6.83. The first-order valence-corrected chi connectivity index (χ1v) is 5.01. The molecule has 0 fully saturated rings. The minimum Gasteiger partial charge on any atom is -0.477 e. The van der Waals surface area contributed by atoms with Crippen molar-refractivity contribution >= 4 is 35.1 Å². The van der Waals surface area contributed by atoms with E-state index in [4.69, 9.17) is 28.3 Å². The molecule has 84 valence electrons. The number of esters is 1. The summed E-state index contributed by atoms with van der Waals surface area (Å²) in [5, 5.41) is 8.80. The lowest BCUT2D eigenvalue weighted by molar-refractivity contribution is -0.143. The number of alkyl halides is 1. The summed E-state index contributed by atoms with van der Waals surface area (Å²) in [6, 6.07) is 0. The molecular weight excluding hydrogens is 243 g/mol. The Morgan fingerprint density at radius 3 is 2.40 bits per heavy atom. The fourth-order valence-corrected chi connectivity index (χ4v) is 1.20. The summed E-state index contributed by atoms with van der Waals surface area (Å²) in [5.41, 5.74) is 0.696. The number of allylic oxidation sites excluding steroid dienone is 2. The van der Waals surface area contributed by atoms with Crippen molar-refractivity contribution in [3.63, 3.8) is 0 Å². The number of halogens is 2. The van der Waals surface area contributed by atoms with Crippen LogP contribution < -0.4 is 0 Å². The Morgan fingerprint density at radius 1 is 1.47 bits per heavy atom. The van der Waals surface area contributed by atoms with Gasteiger partial charge in [0.15, 0.2) is 0 Å². The molecule has 0 aliphatic heterocycles. The highest BCUT2D eigenvalue weighted by atomic mass is 35.5. The van der Waals surface area contributed by atoms with Crippen LogP contribution in [0.15, 0.2) is 22.8 Å². The number of ether oxygens (including phenoxy) is 1. The molecule has 0 radical (unpaired) electrons. The van der Waals surface area contributed by atoms with E-state index in [-0.39, 0.29) is 18.1 Å². The molecule has 0 aromatic carbocycles. The lowest BCUT2D eigenvalue weighted by atomic mass is 10.1. The fourth-order valence-electron chi connectivity index (χ4n) is 0.830. The highest BCUT2D eigenvalue weighted by Gasteiger charge is 2.22. The van der Waals surface area contributed by atoms with Crippen molar-refractivity contribution < 1.29 is 19.4 Å². The van der Waals surface area contributed by atoms with Gasteiger partial charge in [-0.05, 0) is 18.6 Å². The number of carbonyl (C=O) groups is 2. The van der Waals surface area contributed by atoms with Gasteiger partial charge in [0.1, 0.15) is 5.57 Å². The maximum atomic E-state index is 11.3. The van der Waals surface area contributed by atoms with Crippen molar-refractivity contribution in [2.45, 2.75) is 6.92 Å². The van der Waals surface area contributed by atoms with Crippen LogP contribution in [0.4, 0.5) is 0 Å². The molecule has 0 aliphatic rings.